The lowest BCUT2D eigenvalue weighted by molar-refractivity contribution is 0.140. The van der Waals surface area contributed by atoms with Crippen molar-refractivity contribution in [1.82, 2.24) is 9.88 Å². The van der Waals surface area contributed by atoms with E-state index in [1.165, 1.54) is 5.56 Å². The Kier molecular flexibility index (Phi) is 10.3. The number of pyridine rings is 1. The number of ether oxygens (including phenoxy) is 3. The van der Waals surface area contributed by atoms with Crippen molar-refractivity contribution in [3.63, 3.8) is 0 Å². The number of halogens is 1. The summed E-state index contributed by atoms with van der Waals surface area (Å²) < 4.78 is 17.8. The molecule has 1 aromatic heterocycles. The van der Waals surface area contributed by atoms with Gasteiger partial charge in [-0.1, -0.05) is 44.5 Å². The summed E-state index contributed by atoms with van der Waals surface area (Å²) in [6, 6.07) is 19.3. The van der Waals surface area contributed by atoms with Crippen LogP contribution in [-0.4, -0.2) is 66.7 Å². The first-order chi connectivity index (χ1) is 19.7. The predicted molar refractivity (Wildman–Crippen MR) is 164 cm³/mol. The third kappa shape index (κ3) is 8.01. The summed E-state index contributed by atoms with van der Waals surface area (Å²) in [5.41, 5.74) is 3.77. The largest absolute Gasteiger partial charge is 0.493 e. The second-order valence-corrected chi connectivity index (χ2v) is 11.1. The van der Waals surface area contributed by atoms with E-state index in [1.54, 1.807) is 25.4 Å². The van der Waals surface area contributed by atoms with Gasteiger partial charge < -0.3 is 29.7 Å². The van der Waals surface area contributed by atoms with Crippen LogP contribution in [0, 0.1) is 0 Å². The number of hydrogen-bond donors (Lipinski definition) is 3. The zero-order chi connectivity index (χ0) is 29.4. The highest BCUT2D eigenvalue weighted by molar-refractivity contribution is 6.33. The number of aromatic nitrogens is 1. The van der Waals surface area contributed by atoms with Crippen LogP contribution in [0.25, 0.3) is 10.9 Å². The number of benzene rings is 3. The SMILES string of the molecule is COc1cc2c(Oc3ccc(Nc4ccc(C(C)(C)C)cc4)c(Cl)c3)ccnc2cc1OCCN(CCO)CCO. The van der Waals surface area contributed by atoms with Crippen molar-refractivity contribution in [3.05, 3.63) is 77.4 Å². The Hall–Kier alpha value is -3.56. The van der Waals surface area contributed by atoms with Gasteiger partial charge in [-0.05, 0) is 47.4 Å². The molecule has 0 saturated heterocycles. The molecule has 9 heteroatoms. The van der Waals surface area contributed by atoms with Gasteiger partial charge >= 0.3 is 0 Å². The number of hydrogen-bond acceptors (Lipinski definition) is 8. The molecule has 0 fully saturated rings. The van der Waals surface area contributed by atoms with E-state index in [9.17, 15) is 10.2 Å². The van der Waals surface area contributed by atoms with Crippen molar-refractivity contribution >= 4 is 33.9 Å². The quantitative estimate of drug-likeness (QED) is 0.167. The number of fused-ring (bicyclic) bond motifs is 1. The van der Waals surface area contributed by atoms with E-state index in [0.717, 1.165) is 16.8 Å². The molecular formula is C32H38ClN3O5. The number of aliphatic hydroxyl groups excluding tert-OH is 2. The van der Waals surface area contributed by atoms with Crippen molar-refractivity contribution in [3.8, 4) is 23.0 Å². The van der Waals surface area contributed by atoms with Crippen LogP contribution in [0.3, 0.4) is 0 Å². The van der Waals surface area contributed by atoms with Gasteiger partial charge in [0.2, 0.25) is 0 Å². The number of nitrogens with zero attached hydrogens (tertiary/aromatic N) is 2. The Morgan fingerprint density at radius 3 is 2.24 bits per heavy atom. The molecule has 0 saturated carbocycles. The first kappa shape index (κ1) is 30.4. The molecule has 0 aliphatic carbocycles. The Bertz CT molecular complexity index is 1430. The molecule has 0 unspecified atom stereocenters. The average Bonchev–Trinajstić information content (AvgIpc) is 2.94. The van der Waals surface area contributed by atoms with Gasteiger partial charge in [0.15, 0.2) is 11.5 Å². The summed E-state index contributed by atoms with van der Waals surface area (Å²) in [5.74, 6) is 2.28. The normalized spacial score (nSPS) is 11.6. The van der Waals surface area contributed by atoms with Crippen LogP contribution in [0.15, 0.2) is 66.9 Å². The molecule has 4 rings (SSSR count). The van der Waals surface area contributed by atoms with E-state index in [2.05, 4.69) is 55.3 Å². The molecule has 0 aliphatic heterocycles. The van der Waals surface area contributed by atoms with Crippen LogP contribution in [0.5, 0.6) is 23.0 Å². The molecule has 0 radical (unpaired) electrons. The van der Waals surface area contributed by atoms with Crippen LogP contribution < -0.4 is 19.5 Å². The highest BCUT2D eigenvalue weighted by atomic mass is 35.5. The summed E-state index contributed by atoms with van der Waals surface area (Å²) in [4.78, 5) is 6.42. The van der Waals surface area contributed by atoms with Gasteiger partial charge in [-0.3, -0.25) is 9.88 Å². The lowest BCUT2D eigenvalue weighted by Gasteiger charge is -2.20. The minimum absolute atomic E-state index is 0.0158. The van der Waals surface area contributed by atoms with Crippen molar-refractivity contribution < 1.29 is 24.4 Å². The first-order valence-electron chi connectivity index (χ1n) is 13.6. The summed E-state index contributed by atoms with van der Waals surface area (Å²) >= 11 is 6.62. The van der Waals surface area contributed by atoms with Gasteiger partial charge in [0.05, 0.1) is 36.6 Å². The maximum Gasteiger partial charge on any atom is 0.163 e. The van der Waals surface area contributed by atoms with E-state index in [0.29, 0.717) is 59.8 Å². The van der Waals surface area contributed by atoms with Crippen LogP contribution in [0.2, 0.25) is 5.02 Å². The first-order valence-corrected chi connectivity index (χ1v) is 14.0. The van der Waals surface area contributed by atoms with Gasteiger partial charge in [-0.15, -0.1) is 0 Å². The fourth-order valence-corrected chi connectivity index (χ4v) is 4.61. The Morgan fingerprint density at radius 2 is 1.61 bits per heavy atom. The molecule has 8 nitrogen and oxygen atoms in total. The van der Waals surface area contributed by atoms with Crippen molar-refractivity contribution in [2.45, 2.75) is 26.2 Å². The second kappa shape index (κ2) is 13.9. The lowest BCUT2D eigenvalue weighted by atomic mass is 9.87. The van der Waals surface area contributed by atoms with Gasteiger partial charge in [0, 0.05) is 49.0 Å². The zero-order valence-electron chi connectivity index (χ0n) is 24.0. The molecule has 3 aromatic carbocycles. The zero-order valence-corrected chi connectivity index (χ0v) is 24.7. The smallest absolute Gasteiger partial charge is 0.163 e. The summed E-state index contributed by atoms with van der Waals surface area (Å²) in [6.45, 7) is 8.44. The van der Waals surface area contributed by atoms with E-state index in [1.807, 2.05) is 29.2 Å². The third-order valence-corrected chi connectivity index (χ3v) is 7.00. The minimum Gasteiger partial charge on any atom is -0.493 e. The highest BCUT2D eigenvalue weighted by Gasteiger charge is 2.15. The molecule has 0 atom stereocenters. The van der Waals surface area contributed by atoms with Crippen molar-refractivity contribution in [1.29, 1.82) is 0 Å². The number of nitrogens with one attached hydrogen (secondary N) is 1. The summed E-state index contributed by atoms with van der Waals surface area (Å²) in [7, 11) is 1.58. The monoisotopic (exact) mass is 579 g/mol. The van der Waals surface area contributed by atoms with E-state index < -0.39 is 0 Å². The molecule has 218 valence electrons. The molecule has 41 heavy (non-hydrogen) atoms. The average molecular weight is 580 g/mol. The Labute approximate surface area is 246 Å². The molecule has 1 heterocycles. The van der Waals surface area contributed by atoms with Crippen molar-refractivity contribution in [2.75, 3.05) is 51.9 Å². The summed E-state index contributed by atoms with van der Waals surface area (Å²) in [5, 5.41) is 23.1. The molecule has 0 amide bonds. The molecule has 0 aliphatic rings. The number of rotatable bonds is 13. The van der Waals surface area contributed by atoms with E-state index in [-0.39, 0.29) is 18.6 Å². The summed E-state index contributed by atoms with van der Waals surface area (Å²) in [6.07, 6.45) is 1.68. The van der Waals surface area contributed by atoms with E-state index >= 15 is 0 Å². The lowest BCUT2D eigenvalue weighted by Crippen LogP contribution is -2.33. The van der Waals surface area contributed by atoms with Crippen molar-refractivity contribution in [2.24, 2.45) is 0 Å². The molecule has 4 aromatic rings. The number of aliphatic hydroxyl groups is 2. The van der Waals surface area contributed by atoms with E-state index in [4.69, 9.17) is 25.8 Å². The Morgan fingerprint density at radius 1 is 0.878 bits per heavy atom. The molecular weight excluding hydrogens is 542 g/mol. The fourth-order valence-electron chi connectivity index (χ4n) is 4.39. The number of anilines is 2. The topological polar surface area (TPSA) is 96.3 Å². The molecule has 0 spiro atoms. The van der Waals surface area contributed by atoms with Crippen LogP contribution >= 0.6 is 11.6 Å². The Balaban J connectivity index is 1.48. The van der Waals surface area contributed by atoms with Gasteiger partial charge in [-0.25, -0.2) is 0 Å². The third-order valence-electron chi connectivity index (χ3n) is 6.68. The number of methoxy groups -OCH3 is 1. The van der Waals surface area contributed by atoms with Gasteiger partial charge in [-0.2, -0.15) is 0 Å². The molecule has 0 bridgehead atoms. The predicted octanol–water partition coefficient (Wildman–Crippen LogP) is 6.40. The maximum absolute atomic E-state index is 9.22. The maximum atomic E-state index is 9.22. The molecule has 3 N–H and O–H groups in total. The van der Waals surface area contributed by atoms with Crippen LogP contribution in [0.1, 0.15) is 26.3 Å². The van der Waals surface area contributed by atoms with Gasteiger partial charge in [0.1, 0.15) is 18.1 Å². The van der Waals surface area contributed by atoms with Crippen LogP contribution in [0.4, 0.5) is 11.4 Å². The fraction of sp³-hybridized carbons (Fsp3) is 0.344. The highest BCUT2D eigenvalue weighted by Crippen LogP contribution is 2.38. The van der Waals surface area contributed by atoms with Crippen LogP contribution in [-0.2, 0) is 5.41 Å². The second-order valence-electron chi connectivity index (χ2n) is 10.7. The minimum atomic E-state index is 0.0158. The standard InChI is InChI=1S/C32H38ClN3O5/c1-32(2,3)22-5-7-23(8-6-22)35-27-10-9-24(19-26(27)33)41-29-11-12-34-28-21-31(30(39-4)20-25(28)29)40-18-15-36(13-16-37)14-17-38/h5-12,19-21,35,37-38H,13-18H2,1-4H3. The van der Waals surface area contributed by atoms with Gasteiger partial charge in [0.25, 0.3) is 0 Å².